The maximum atomic E-state index is 9.25. The maximum Gasteiger partial charge on any atom is 0.129 e. The molecule has 0 spiro atoms. The molecule has 0 bridgehead atoms. The second kappa shape index (κ2) is 3.16. The van der Waals surface area contributed by atoms with E-state index < -0.39 is 6.10 Å². The van der Waals surface area contributed by atoms with Crippen LogP contribution in [0.3, 0.4) is 0 Å². The van der Waals surface area contributed by atoms with Gasteiger partial charge in [0.2, 0.25) is 0 Å². The van der Waals surface area contributed by atoms with Crippen LogP contribution in [0.1, 0.15) is 17.4 Å². The lowest BCUT2D eigenvalue weighted by atomic mass is 10.2. The van der Waals surface area contributed by atoms with Crippen LogP contribution in [-0.4, -0.2) is 15.6 Å². The second-order valence-corrected chi connectivity index (χ2v) is 2.67. The molecule has 3 nitrogen and oxygen atoms in total. The molecule has 0 fully saturated rings. The van der Waals surface area contributed by atoms with Gasteiger partial charge in [-0.3, -0.25) is 0 Å². The summed E-state index contributed by atoms with van der Waals surface area (Å²) in [6.45, 7) is 1.80. The summed E-state index contributed by atoms with van der Waals surface area (Å²) < 4.78 is 4.64. The van der Waals surface area contributed by atoms with E-state index >= 15 is 0 Å². The maximum absolute atomic E-state index is 9.25. The minimum Gasteiger partial charge on any atom is -0.387 e. The predicted molar refractivity (Wildman–Crippen MR) is 40.0 cm³/mol. The molecule has 0 saturated heterocycles. The van der Waals surface area contributed by atoms with E-state index in [9.17, 15) is 5.11 Å². The van der Waals surface area contributed by atoms with E-state index in [0.29, 0.717) is 5.33 Å². The van der Waals surface area contributed by atoms with Crippen molar-refractivity contribution in [2.24, 2.45) is 0 Å². The highest BCUT2D eigenvalue weighted by Crippen LogP contribution is 2.17. The Hall–Kier alpha value is -0.350. The van der Waals surface area contributed by atoms with Crippen molar-refractivity contribution in [3.63, 3.8) is 0 Å². The van der Waals surface area contributed by atoms with Gasteiger partial charge in [0.15, 0.2) is 0 Å². The first kappa shape index (κ1) is 7.75. The third-order valence-electron chi connectivity index (χ3n) is 1.29. The van der Waals surface area contributed by atoms with Crippen LogP contribution in [0.25, 0.3) is 0 Å². The van der Waals surface area contributed by atoms with E-state index in [1.54, 1.807) is 6.92 Å². The van der Waals surface area contributed by atoms with E-state index in [2.05, 4.69) is 25.6 Å². The summed E-state index contributed by atoms with van der Waals surface area (Å²) in [6, 6.07) is 0. The molecule has 4 heteroatoms. The minimum absolute atomic E-state index is 0.508. The second-order valence-electron chi connectivity index (χ2n) is 2.03. The third-order valence-corrected chi connectivity index (χ3v) is 1.91. The fraction of sp³-hybridized carbons (Fsp3) is 0.500. The van der Waals surface area contributed by atoms with Crippen molar-refractivity contribution < 1.29 is 9.63 Å². The van der Waals surface area contributed by atoms with E-state index in [4.69, 9.17) is 0 Å². The fourth-order valence-corrected chi connectivity index (χ4v) is 1.05. The first-order chi connectivity index (χ1) is 4.75. The largest absolute Gasteiger partial charge is 0.387 e. The fourth-order valence-electron chi connectivity index (χ4n) is 0.703. The Bertz CT molecular complexity index is 211. The Morgan fingerprint density at radius 1 is 1.90 bits per heavy atom. The molecule has 0 amide bonds. The van der Waals surface area contributed by atoms with Crippen LogP contribution in [-0.2, 0) is 0 Å². The van der Waals surface area contributed by atoms with Gasteiger partial charge in [-0.25, -0.2) is 0 Å². The zero-order valence-corrected chi connectivity index (χ0v) is 7.13. The Morgan fingerprint density at radius 2 is 2.60 bits per heavy atom. The van der Waals surface area contributed by atoms with E-state index in [0.717, 1.165) is 11.3 Å². The summed E-state index contributed by atoms with van der Waals surface area (Å²) in [5.74, 6) is 0. The zero-order chi connectivity index (χ0) is 7.56. The highest BCUT2D eigenvalue weighted by Gasteiger charge is 2.11. The summed E-state index contributed by atoms with van der Waals surface area (Å²) in [7, 11) is 0. The number of hydrogen-bond donors (Lipinski definition) is 1. The van der Waals surface area contributed by atoms with Crippen molar-refractivity contribution in [2.75, 3.05) is 5.33 Å². The molecule has 1 N–H and O–H groups in total. The first-order valence-corrected chi connectivity index (χ1v) is 4.02. The van der Waals surface area contributed by atoms with Crippen molar-refractivity contribution in [1.82, 2.24) is 5.16 Å². The molecule has 1 atom stereocenters. The van der Waals surface area contributed by atoms with Crippen molar-refractivity contribution in [3.8, 4) is 0 Å². The number of aliphatic hydroxyl groups excluding tert-OH is 1. The van der Waals surface area contributed by atoms with Gasteiger partial charge in [-0.1, -0.05) is 21.1 Å². The van der Waals surface area contributed by atoms with E-state index in [1.165, 1.54) is 6.26 Å². The van der Waals surface area contributed by atoms with Crippen molar-refractivity contribution >= 4 is 15.9 Å². The number of aliphatic hydroxyl groups is 1. The molecule has 0 aliphatic rings. The Balaban J connectivity index is 2.82. The molecular weight excluding hydrogens is 198 g/mol. The summed E-state index contributed by atoms with van der Waals surface area (Å²) in [5.41, 5.74) is 1.49. The number of halogens is 1. The highest BCUT2D eigenvalue weighted by atomic mass is 79.9. The average molecular weight is 206 g/mol. The van der Waals surface area contributed by atoms with Gasteiger partial charge in [-0.05, 0) is 6.92 Å². The predicted octanol–water partition coefficient (Wildman–Crippen LogP) is 1.41. The van der Waals surface area contributed by atoms with Gasteiger partial charge in [-0.2, -0.15) is 0 Å². The average Bonchev–Trinajstić information content (AvgIpc) is 2.34. The number of rotatable bonds is 2. The molecule has 0 radical (unpaired) electrons. The zero-order valence-electron chi connectivity index (χ0n) is 5.54. The van der Waals surface area contributed by atoms with Crippen LogP contribution in [0.15, 0.2) is 10.8 Å². The Kier molecular flexibility index (Phi) is 2.45. The number of nitrogens with zero attached hydrogens (tertiary/aromatic N) is 1. The molecular formula is C6H8BrNO2. The molecule has 0 aliphatic heterocycles. The van der Waals surface area contributed by atoms with E-state index in [1.807, 2.05) is 0 Å². The Labute approximate surface area is 67.2 Å². The van der Waals surface area contributed by atoms with Crippen LogP contribution in [0.4, 0.5) is 0 Å². The van der Waals surface area contributed by atoms with Gasteiger partial charge in [0.1, 0.15) is 6.26 Å². The van der Waals surface area contributed by atoms with Crippen molar-refractivity contribution in [1.29, 1.82) is 0 Å². The van der Waals surface area contributed by atoms with Gasteiger partial charge in [0, 0.05) is 10.9 Å². The Morgan fingerprint density at radius 3 is 3.00 bits per heavy atom. The summed E-state index contributed by atoms with van der Waals surface area (Å²) >= 11 is 3.15. The third kappa shape index (κ3) is 1.38. The topological polar surface area (TPSA) is 46.3 Å². The standard InChI is InChI=1S/C6H8BrNO2/c1-4-5(3-10-8-4)6(9)2-7/h3,6,9H,2H2,1H3. The first-order valence-electron chi connectivity index (χ1n) is 2.90. The minimum atomic E-state index is -0.508. The number of aromatic nitrogens is 1. The molecule has 1 aromatic heterocycles. The molecule has 1 unspecified atom stereocenters. The summed E-state index contributed by atoms with van der Waals surface area (Å²) in [4.78, 5) is 0. The van der Waals surface area contributed by atoms with Gasteiger partial charge < -0.3 is 9.63 Å². The van der Waals surface area contributed by atoms with Crippen molar-refractivity contribution in [3.05, 3.63) is 17.5 Å². The van der Waals surface area contributed by atoms with Crippen LogP contribution in [0, 0.1) is 6.92 Å². The lowest BCUT2D eigenvalue weighted by Gasteiger charge is -2.01. The van der Waals surface area contributed by atoms with Crippen LogP contribution in [0.2, 0.25) is 0 Å². The highest BCUT2D eigenvalue weighted by molar-refractivity contribution is 9.09. The molecule has 1 aromatic rings. The van der Waals surface area contributed by atoms with Gasteiger partial charge in [0.05, 0.1) is 11.8 Å². The monoisotopic (exact) mass is 205 g/mol. The van der Waals surface area contributed by atoms with Crippen LogP contribution < -0.4 is 0 Å². The van der Waals surface area contributed by atoms with Crippen molar-refractivity contribution in [2.45, 2.75) is 13.0 Å². The quantitative estimate of drug-likeness (QED) is 0.744. The van der Waals surface area contributed by atoms with Crippen LogP contribution in [0.5, 0.6) is 0 Å². The molecule has 1 heterocycles. The number of aryl methyl sites for hydroxylation is 1. The molecule has 10 heavy (non-hydrogen) atoms. The molecule has 1 rings (SSSR count). The van der Waals surface area contributed by atoms with Gasteiger partial charge in [-0.15, -0.1) is 0 Å². The number of alkyl halides is 1. The normalized spacial score (nSPS) is 13.5. The number of hydrogen-bond acceptors (Lipinski definition) is 3. The molecule has 56 valence electrons. The molecule has 0 aliphatic carbocycles. The SMILES string of the molecule is Cc1nocc1C(O)CBr. The molecule has 0 saturated carbocycles. The van der Waals surface area contributed by atoms with Gasteiger partial charge >= 0.3 is 0 Å². The van der Waals surface area contributed by atoms with Gasteiger partial charge in [0.25, 0.3) is 0 Å². The smallest absolute Gasteiger partial charge is 0.129 e. The summed E-state index contributed by atoms with van der Waals surface area (Å²) in [5, 5.41) is 13.4. The van der Waals surface area contributed by atoms with Crippen LogP contribution >= 0.6 is 15.9 Å². The van der Waals surface area contributed by atoms with E-state index in [-0.39, 0.29) is 0 Å². The lowest BCUT2D eigenvalue weighted by Crippen LogP contribution is -1.98. The summed E-state index contributed by atoms with van der Waals surface area (Å²) in [6.07, 6.45) is 0.951. The lowest BCUT2D eigenvalue weighted by molar-refractivity contribution is 0.204. The molecule has 0 aromatic carbocycles.